The highest BCUT2D eigenvalue weighted by Crippen LogP contribution is 2.06. The van der Waals surface area contributed by atoms with Crippen LogP contribution in [0.15, 0.2) is 4.99 Å². The van der Waals surface area contributed by atoms with Crippen LogP contribution in [0.25, 0.3) is 0 Å². The van der Waals surface area contributed by atoms with Crippen LogP contribution < -0.4 is 33.2 Å². The number of aliphatic imine (C=N–C) groups is 1. The zero-order valence-corrected chi connectivity index (χ0v) is 17.4. The molecule has 0 aromatic heterocycles. The molecule has 0 rings (SSSR count). The maximum absolute atomic E-state index is 12.7. The number of aliphatic carboxylic acids is 1. The van der Waals surface area contributed by atoms with Crippen LogP contribution in [0.4, 0.5) is 0 Å². The second-order valence-corrected chi connectivity index (χ2v) is 7.12. The van der Waals surface area contributed by atoms with E-state index in [2.05, 4.69) is 20.9 Å². The van der Waals surface area contributed by atoms with Gasteiger partial charge >= 0.3 is 5.97 Å². The van der Waals surface area contributed by atoms with Crippen molar-refractivity contribution in [2.45, 2.75) is 57.8 Å². The molecule has 0 bridgehead atoms. The molecule has 0 aromatic carbocycles. The predicted molar refractivity (Wildman–Crippen MR) is 109 cm³/mol. The Hall–Kier alpha value is -2.93. The molecule has 0 aromatic rings. The number of nitrogens with zero attached hydrogens (tertiary/aromatic N) is 1. The monoisotopic (exact) mass is 431 g/mol. The molecule has 0 radical (unpaired) electrons. The number of hydrogen-bond acceptors (Lipinski definition) is 7. The van der Waals surface area contributed by atoms with Crippen molar-refractivity contribution in [3.05, 3.63) is 0 Å². The van der Waals surface area contributed by atoms with E-state index in [9.17, 15) is 24.3 Å². The lowest BCUT2D eigenvalue weighted by Crippen LogP contribution is -2.58. The van der Waals surface area contributed by atoms with Gasteiger partial charge in [0, 0.05) is 6.54 Å². The minimum Gasteiger partial charge on any atom is -0.480 e. The fourth-order valence-electron chi connectivity index (χ4n) is 2.32. The Balaban J connectivity index is 5.24. The molecule has 4 unspecified atom stereocenters. The average molecular weight is 431 g/mol. The fourth-order valence-corrected chi connectivity index (χ4v) is 2.32. The number of amides is 3. The minimum absolute atomic E-state index is 0.122. The van der Waals surface area contributed by atoms with Crippen molar-refractivity contribution < 1.29 is 29.4 Å². The lowest BCUT2D eigenvalue weighted by Gasteiger charge is -2.26. The van der Waals surface area contributed by atoms with Gasteiger partial charge in [0.25, 0.3) is 0 Å². The summed E-state index contributed by atoms with van der Waals surface area (Å²) in [4.78, 5) is 51.6. The number of nitrogens with one attached hydrogen (secondary N) is 3. The number of carbonyl (C=O) groups excluding carboxylic acids is 3. The average Bonchev–Trinajstić information content (AvgIpc) is 2.64. The molecule has 0 saturated carbocycles. The number of carboxylic acids is 1. The van der Waals surface area contributed by atoms with E-state index in [0.29, 0.717) is 6.42 Å². The minimum atomic E-state index is -1.24. The first-order valence-corrected chi connectivity index (χ1v) is 9.46. The standard InChI is InChI=1S/C17H33N7O6/c1-8(2)13(24-15(29)12(18)9(3)25)16(30)23-10(5-4-6-21-17(19)20)14(28)22-7-11(26)27/h8-10,12-13,25H,4-7,18H2,1-3H3,(H,22,28)(H,23,30)(H,24,29)(H,26,27)(H4,19,20,21). The zero-order chi connectivity index (χ0) is 23.4. The Morgan fingerprint density at radius 3 is 2.07 bits per heavy atom. The Labute approximate surface area is 174 Å². The molecule has 0 fully saturated rings. The number of carboxylic acid groups (broad SMARTS) is 1. The number of rotatable bonds is 13. The summed E-state index contributed by atoms with van der Waals surface area (Å²) < 4.78 is 0. The summed E-state index contributed by atoms with van der Waals surface area (Å²) in [6, 6.07) is -3.34. The van der Waals surface area contributed by atoms with E-state index in [4.69, 9.17) is 22.3 Å². The Bertz CT molecular complexity index is 634. The van der Waals surface area contributed by atoms with Crippen molar-refractivity contribution in [1.82, 2.24) is 16.0 Å². The second-order valence-electron chi connectivity index (χ2n) is 7.12. The van der Waals surface area contributed by atoms with Crippen LogP contribution in [-0.4, -0.2) is 77.2 Å². The van der Waals surface area contributed by atoms with Crippen LogP contribution >= 0.6 is 0 Å². The van der Waals surface area contributed by atoms with Gasteiger partial charge in [0.2, 0.25) is 17.7 Å². The molecule has 13 nitrogen and oxygen atoms in total. The molecule has 30 heavy (non-hydrogen) atoms. The van der Waals surface area contributed by atoms with Gasteiger partial charge in [0.1, 0.15) is 24.7 Å². The van der Waals surface area contributed by atoms with Gasteiger partial charge in [-0.2, -0.15) is 0 Å². The summed E-state index contributed by atoms with van der Waals surface area (Å²) >= 11 is 0. The summed E-state index contributed by atoms with van der Waals surface area (Å²) in [5.74, 6) is -3.81. The topological polar surface area (TPSA) is 235 Å². The molecule has 0 aliphatic rings. The third-order valence-electron chi connectivity index (χ3n) is 4.06. The first-order chi connectivity index (χ1) is 13.9. The molecular formula is C17H33N7O6. The molecule has 172 valence electrons. The van der Waals surface area contributed by atoms with Crippen molar-refractivity contribution in [3.63, 3.8) is 0 Å². The van der Waals surface area contributed by atoms with E-state index in [1.54, 1.807) is 13.8 Å². The van der Waals surface area contributed by atoms with E-state index in [1.807, 2.05) is 0 Å². The molecule has 3 amide bonds. The van der Waals surface area contributed by atoms with Gasteiger partial charge < -0.3 is 43.4 Å². The van der Waals surface area contributed by atoms with Crippen LogP contribution in [-0.2, 0) is 19.2 Å². The normalized spacial score (nSPS) is 14.7. The van der Waals surface area contributed by atoms with Crippen LogP contribution in [0.2, 0.25) is 0 Å². The number of nitrogens with two attached hydrogens (primary N) is 3. The van der Waals surface area contributed by atoms with Crippen molar-refractivity contribution in [2.75, 3.05) is 13.1 Å². The van der Waals surface area contributed by atoms with E-state index in [-0.39, 0.29) is 24.8 Å². The molecular weight excluding hydrogens is 398 g/mol. The number of aliphatic hydroxyl groups excluding tert-OH is 1. The van der Waals surface area contributed by atoms with E-state index in [0.717, 1.165) is 0 Å². The number of guanidine groups is 1. The summed E-state index contributed by atoms with van der Waals surface area (Å²) in [6.07, 6.45) is -0.666. The smallest absolute Gasteiger partial charge is 0.322 e. The lowest BCUT2D eigenvalue weighted by atomic mass is 10.0. The van der Waals surface area contributed by atoms with Crippen LogP contribution in [0.5, 0.6) is 0 Å². The van der Waals surface area contributed by atoms with Crippen molar-refractivity contribution >= 4 is 29.7 Å². The highest BCUT2D eigenvalue weighted by atomic mass is 16.4. The van der Waals surface area contributed by atoms with Crippen molar-refractivity contribution in [3.8, 4) is 0 Å². The van der Waals surface area contributed by atoms with Crippen molar-refractivity contribution in [1.29, 1.82) is 0 Å². The molecule has 0 aliphatic heterocycles. The van der Waals surface area contributed by atoms with Gasteiger partial charge in [0.15, 0.2) is 5.96 Å². The van der Waals surface area contributed by atoms with Gasteiger partial charge in [-0.25, -0.2) is 0 Å². The van der Waals surface area contributed by atoms with E-state index < -0.39 is 54.5 Å². The SMILES string of the molecule is CC(C)C(NC(=O)C(N)C(C)O)C(=O)NC(CCCN=C(N)N)C(=O)NCC(=O)O. The Morgan fingerprint density at radius 2 is 1.60 bits per heavy atom. The van der Waals surface area contributed by atoms with Gasteiger partial charge in [-0.1, -0.05) is 13.8 Å². The summed E-state index contributed by atoms with van der Waals surface area (Å²) in [5.41, 5.74) is 16.1. The Morgan fingerprint density at radius 1 is 1.00 bits per heavy atom. The molecule has 0 heterocycles. The predicted octanol–water partition coefficient (Wildman–Crippen LogP) is -3.43. The maximum Gasteiger partial charge on any atom is 0.322 e. The second kappa shape index (κ2) is 13.3. The van der Waals surface area contributed by atoms with Gasteiger partial charge in [-0.05, 0) is 25.7 Å². The molecule has 0 aliphatic carbocycles. The maximum atomic E-state index is 12.7. The molecule has 4 atom stereocenters. The molecule has 0 spiro atoms. The first kappa shape index (κ1) is 27.1. The quantitative estimate of drug-likeness (QED) is 0.0821. The van der Waals surface area contributed by atoms with Crippen LogP contribution in [0.1, 0.15) is 33.6 Å². The van der Waals surface area contributed by atoms with Crippen LogP contribution in [0, 0.1) is 5.92 Å². The lowest BCUT2D eigenvalue weighted by molar-refractivity contribution is -0.138. The Kier molecular flexibility index (Phi) is 12.0. The van der Waals surface area contributed by atoms with Gasteiger partial charge in [-0.15, -0.1) is 0 Å². The largest absolute Gasteiger partial charge is 0.480 e. The number of hydrogen-bond donors (Lipinski definition) is 8. The van der Waals surface area contributed by atoms with Gasteiger partial charge in [-0.3, -0.25) is 24.2 Å². The first-order valence-electron chi connectivity index (χ1n) is 9.46. The summed E-state index contributed by atoms with van der Waals surface area (Å²) in [7, 11) is 0. The van der Waals surface area contributed by atoms with E-state index in [1.165, 1.54) is 6.92 Å². The zero-order valence-electron chi connectivity index (χ0n) is 17.4. The number of aliphatic hydroxyl groups is 1. The third-order valence-corrected chi connectivity index (χ3v) is 4.06. The summed E-state index contributed by atoms with van der Waals surface area (Å²) in [6.45, 7) is 4.28. The highest BCUT2D eigenvalue weighted by molar-refractivity contribution is 5.93. The summed E-state index contributed by atoms with van der Waals surface area (Å²) in [5, 5.41) is 25.3. The molecule has 0 saturated heterocycles. The van der Waals surface area contributed by atoms with E-state index >= 15 is 0 Å². The third kappa shape index (κ3) is 10.6. The van der Waals surface area contributed by atoms with Gasteiger partial charge in [0.05, 0.1) is 6.10 Å². The molecule has 13 heteroatoms. The molecule has 11 N–H and O–H groups in total. The number of carbonyl (C=O) groups is 4. The van der Waals surface area contributed by atoms with Crippen molar-refractivity contribution in [2.24, 2.45) is 28.1 Å². The highest BCUT2D eigenvalue weighted by Gasteiger charge is 2.30. The van der Waals surface area contributed by atoms with Crippen LogP contribution in [0.3, 0.4) is 0 Å². The fraction of sp³-hybridized carbons (Fsp3) is 0.706.